The number of aliphatic hydroxyl groups is 1. The number of halogens is 1. The van der Waals surface area contributed by atoms with E-state index in [-0.39, 0.29) is 18.6 Å². The molecule has 0 saturated carbocycles. The molecule has 0 aliphatic heterocycles. The van der Waals surface area contributed by atoms with E-state index >= 15 is 0 Å². The van der Waals surface area contributed by atoms with Gasteiger partial charge in [0.1, 0.15) is 6.61 Å². The minimum atomic E-state index is -0.389. The first-order chi connectivity index (χ1) is 7.27. The van der Waals surface area contributed by atoms with Gasteiger partial charge in [-0.15, -0.1) is 11.6 Å². The summed E-state index contributed by atoms with van der Waals surface area (Å²) in [7, 11) is 0. The summed E-state index contributed by atoms with van der Waals surface area (Å²) in [4.78, 5) is 0. The fourth-order valence-electron chi connectivity index (χ4n) is 1.08. The van der Waals surface area contributed by atoms with Crippen LogP contribution in [-0.4, -0.2) is 30.3 Å². The monoisotopic (exact) mass is 230 g/mol. The quantitative estimate of drug-likeness (QED) is 0.761. The summed E-state index contributed by atoms with van der Waals surface area (Å²) in [5.74, 6) is 1.35. The second kappa shape index (κ2) is 6.53. The van der Waals surface area contributed by atoms with Crippen LogP contribution in [0.2, 0.25) is 0 Å². The average Bonchev–Trinajstić information content (AvgIpc) is 2.28. The third-order valence-corrected chi connectivity index (χ3v) is 2.03. The van der Waals surface area contributed by atoms with Gasteiger partial charge >= 0.3 is 0 Å². The van der Waals surface area contributed by atoms with Crippen molar-refractivity contribution in [3.05, 3.63) is 24.3 Å². The molecule has 1 atom stereocenters. The summed E-state index contributed by atoms with van der Waals surface area (Å²) in [6, 6.07) is 7.38. The van der Waals surface area contributed by atoms with Gasteiger partial charge in [-0.25, -0.2) is 0 Å². The minimum Gasteiger partial charge on any atom is -0.490 e. The Morgan fingerprint density at radius 2 is 1.87 bits per heavy atom. The van der Waals surface area contributed by atoms with Crippen molar-refractivity contribution < 1.29 is 14.6 Å². The lowest BCUT2D eigenvalue weighted by Gasteiger charge is -2.12. The molecule has 1 rings (SSSR count). The zero-order valence-electron chi connectivity index (χ0n) is 8.65. The van der Waals surface area contributed by atoms with Crippen LogP contribution in [0.5, 0.6) is 11.5 Å². The fraction of sp³-hybridized carbons (Fsp3) is 0.455. The van der Waals surface area contributed by atoms with Crippen molar-refractivity contribution >= 4 is 11.6 Å². The summed E-state index contributed by atoms with van der Waals surface area (Å²) in [5.41, 5.74) is 0. The van der Waals surface area contributed by atoms with E-state index in [4.69, 9.17) is 26.2 Å². The second-order valence-electron chi connectivity index (χ2n) is 2.97. The Kier molecular flexibility index (Phi) is 5.29. The molecular weight excluding hydrogens is 216 g/mol. The maximum atomic E-state index is 8.74. The van der Waals surface area contributed by atoms with Crippen LogP contribution in [0.3, 0.4) is 0 Å². The third-order valence-electron chi connectivity index (χ3n) is 1.77. The van der Waals surface area contributed by atoms with Crippen LogP contribution in [0.1, 0.15) is 6.92 Å². The minimum absolute atomic E-state index is 0.0989. The van der Waals surface area contributed by atoms with Gasteiger partial charge in [0.2, 0.25) is 0 Å². The largest absolute Gasteiger partial charge is 0.490 e. The van der Waals surface area contributed by atoms with E-state index in [9.17, 15) is 0 Å². The Morgan fingerprint density at radius 3 is 2.40 bits per heavy atom. The smallest absolute Gasteiger partial charge is 0.161 e. The van der Waals surface area contributed by atoms with Crippen molar-refractivity contribution in [2.75, 3.05) is 19.8 Å². The zero-order chi connectivity index (χ0) is 11.1. The molecule has 4 heteroatoms. The lowest BCUT2D eigenvalue weighted by Crippen LogP contribution is -2.15. The summed E-state index contributed by atoms with van der Waals surface area (Å²) in [6.45, 7) is 2.67. The van der Waals surface area contributed by atoms with E-state index in [0.717, 1.165) is 0 Å². The van der Waals surface area contributed by atoms with Gasteiger partial charge < -0.3 is 14.6 Å². The maximum Gasteiger partial charge on any atom is 0.161 e. The highest BCUT2D eigenvalue weighted by molar-refractivity contribution is 6.20. The van der Waals surface area contributed by atoms with Gasteiger partial charge in [0, 0.05) is 0 Å². The first kappa shape index (κ1) is 12.1. The summed E-state index contributed by atoms with van der Waals surface area (Å²) < 4.78 is 10.8. The highest BCUT2D eigenvalue weighted by atomic mass is 35.5. The molecular formula is C11H15ClO3. The van der Waals surface area contributed by atoms with Crippen LogP contribution in [-0.2, 0) is 0 Å². The Hall–Kier alpha value is -0.930. The second-order valence-corrected chi connectivity index (χ2v) is 3.59. The molecule has 0 radical (unpaired) electrons. The van der Waals surface area contributed by atoms with Gasteiger partial charge in [-0.05, 0) is 19.1 Å². The number of rotatable bonds is 6. The van der Waals surface area contributed by atoms with Crippen LogP contribution in [0.4, 0.5) is 0 Å². The summed E-state index contributed by atoms with van der Waals surface area (Å²) in [6.07, 6.45) is 0. The maximum absolute atomic E-state index is 8.74. The molecule has 1 aromatic rings. The Morgan fingerprint density at radius 1 is 1.27 bits per heavy atom. The number of benzene rings is 1. The molecule has 0 aliphatic carbocycles. The van der Waals surface area contributed by atoms with Crippen LogP contribution in [0, 0.1) is 0 Å². The van der Waals surface area contributed by atoms with E-state index in [1.807, 2.05) is 31.2 Å². The molecule has 0 bridgehead atoms. The summed E-state index contributed by atoms with van der Waals surface area (Å²) >= 11 is 5.73. The molecule has 0 aliphatic rings. The number of para-hydroxylation sites is 2. The Bertz CT molecular complexity index is 291. The normalized spacial score (nSPS) is 12.2. The van der Waals surface area contributed by atoms with Crippen molar-refractivity contribution in [2.45, 2.75) is 12.3 Å². The van der Waals surface area contributed by atoms with Crippen molar-refractivity contribution in [2.24, 2.45) is 0 Å². The van der Waals surface area contributed by atoms with E-state index in [0.29, 0.717) is 18.1 Å². The highest BCUT2D eigenvalue weighted by Crippen LogP contribution is 2.26. The number of aliphatic hydroxyl groups excluding tert-OH is 1. The highest BCUT2D eigenvalue weighted by Gasteiger charge is 2.07. The van der Waals surface area contributed by atoms with Gasteiger partial charge in [-0.3, -0.25) is 0 Å². The van der Waals surface area contributed by atoms with E-state index < -0.39 is 0 Å². The van der Waals surface area contributed by atoms with Crippen LogP contribution >= 0.6 is 11.6 Å². The lowest BCUT2D eigenvalue weighted by atomic mass is 10.3. The number of hydrogen-bond donors (Lipinski definition) is 1. The lowest BCUT2D eigenvalue weighted by molar-refractivity contribution is 0.229. The first-order valence-electron chi connectivity index (χ1n) is 4.87. The van der Waals surface area contributed by atoms with Crippen molar-refractivity contribution in [3.8, 4) is 11.5 Å². The molecule has 0 saturated heterocycles. The molecule has 1 N–H and O–H groups in total. The molecule has 3 nitrogen and oxygen atoms in total. The number of alkyl halides is 1. The van der Waals surface area contributed by atoms with Crippen LogP contribution in [0.25, 0.3) is 0 Å². The molecule has 0 fully saturated rings. The van der Waals surface area contributed by atoms with Gasteiger partial charge in [0.25, 0.3) is 0 Å². The number of ether oxygens (including phenoxy) is 2. The van der Waals surface area contributed by atoms with Crippen molar-refractivity contribution in [1.29, 1.82) is 0 Å². The average molecular weight is 231 g/mol. The van der Waals surface area contributed by atoms with E-state index in [2.05, 4.69) is 0 Å². The molecule has 1 aromatic carbocycles. The zero-order valence-corrected chi connectivity index (χ0v) is 9.41. The molecule has 0 amide bonds. The Balaban J connectivity index is 2.58. The fourth-order valence-corrected chi connectivity index (χ4v) is 1.14. The van der Waals surface area contributed by atoms with Gasteiger partial charge in [0.15, 0.2) is 11.5 Å². The standard InChI is InChI=1S/C11H15ClO3/c1-2-14-10-5-3-4-6-11(10)15-8-9(12)7-13/h3-6,9,13H,2,7-8H2,1H3. The Labute approximate surface area is 94.6 Å². The molecule has 84 valence electrons. The molecule has 0 aromatic heterocycles. The third kappa shape index (κ3) is 3.98. The molecule has 1 unspecified atom stereocenters. The van der Waals surface area contributed by atoms with Gasteiger partial charge in [0.05, 0.1) is 18.6 Å². The van der Waals surface area contributed by atoms with Crippen LogP contribution in [0.15, 0.2) is 24.3 Å². The van der Waals surface area contributed by atoms with Crippen molar-refractivity contribution in [3.63, 3.8) is 0 Å². The van der Waals surface area contributed by atoms with Crippen molar-refractivity contribution in [1.82, 2.24) is 0 Å². The van der Waals surface area contributed by atoms with Gasteiger partial charge in [-0.1, -0.05) is 12.1 Å². The van der Waals surface area contributed by atoms with E-state index in [1.165, 1.54) is 0 Å². The molecule has 0 heterocycles. The molecule has 15 heavy (non-hydrogen) atoms. The van der Waals surface area contributed by atoms with Gasteiger partial charge in [-0.2, -0.15) is 0 Å². The summed E-state index contributed by atoms with van der Waals surface area (Å²) in [5, 5.41) is 8.35. The SMILES string of the molecule is CCOc1ccccc1OCC(Cl)CO. The van der Waals surface area contributed by atoms with E-state index in [1.54, 1.807) is 0 Å². The number of hydrogen-bond acceptors (Lipinski definition) is 3. The van der Waals surface area contributed by atoms with Crippen LogP contribution < -0.4 is 9.47 Å². The first-order valence-corrected chi connectivity index (χ1v) is 5.31. The predicted octanol–water partition coefficient (Wildman–Crippen LogP) is 2.06. The topological polar surface area (TPSA) is 38.7 Å². The molecule has 0 spiro atoms. The predicted molar refractivity (Wildman–Crippen MR) is 59.8 cm³/mol.